The molecule has 0 aromatic carbocycles. The molecular weight excluding hydrogens is 246 g/mol. The normalized spacial score (nSPS) is 12.3. The van der Waals surface area contributed by atoms with Crippen molar-refractivity contribution in [2.45, 2.75) is 39.9 Å². The lowest BCUT2D eigenvalue weighted by atomic mass is 10.1. The summed E-state index contributed by atoms with van der Waals surface area (Å²) in [7, 11) is 0. The average molecular weight is 265 g/mol. The van der Waals surface area contributed by atoms with Gasteiger partial charge in [0.05, 0.1) is 12.0 Å². The topological polar surface area (TPSA) is 65.5 Å². The first-order chi connectivity index (χ1) is 8.91. The molecule has 0 saturated heterocycles. The van der Waals surface area contributed by atoms with E-state index in [1.54, 1.807) is 46.0 Å². The van der Waals surface area contributed by atoms with Gasteiger partial charge in [0.15, 0.2) is 0 Å². The minimum absolute atomic E-state index is 0.274. The number of hydrogen-bond donors (Lipinski definition) is 0. The van der Waals surface area contributed by atoms with Gasteiger partial charge < -0.3 is 9.47 Å². The summed E-state index contributed by atoms with van der Waals surface area (Å²) in [6, 6.07) is 3.35. The molecule has 5 heteroatoms. The minimum atomic E-state index is -1.06. The quantitative estimate of drug-likeness (QED) is 0.764. The van der Waals surface area contributed by atoms with Crippen molar-refractivity contribution in [1.82, 2.24) is 4.98 Å². The first-order valence-electron chi connectivity index (χ1n) is 6.22. The van der Waals surface area contributed by atoms with Gasteiger partial charge in [-0.2, -0.15) is 0 Å². The molecule has 0 bridgehead atoms. The van der Waals surface area contributed by atoms with E-state index >= 15 is 0 Å². The van der Waals surface area contributed by atoms with E-state index in [-0.39, 0.29) is 12.0 Å². The fraction of sp³-hybridized carbons (Fsp3) is 0.500. The first kappa shape index (κ1) is 15.1. The highest BCUT2D eigenvalue weighted by atomic mass is 16.6. The molecular formula is C14H19NO4. The van der Waals surface area contributed by atoms with E-state index in [1.165, 1.54) is 6.20 Å². The molecule has 104 valence electrons. The lowest BCUT2D eigenvalue weighted by molar-refractivity contribution is -0.173. The van der Waals surface area contributed by atoms with E-state index in [9.17, 15) is 9.59 Å². The van der Waals surface area contributed by atoms with Gasteiger partial charge in [0.2, 0.25) is 6.10 Å². The molecule has 19 heavy (non-hydrogen) atoms. The average Bonchev–Trinajstić information content (AvgIpc) is 2.35. The number of esters is 2. The van der Waals surface area contributed by atoms with E-state index in [1.807, 2.05) is 0 Å². The van der Waals surface area contributed by atoms with E-state index in [4.69, 9.17) is 9.47 Å². The van der Waals surface area contributed by atoms with Gasteiger partial charge in [-0.15, -0.1) is 0 Å². The summed E-state index contributed by atoms with van der Waals surface area (Å²) in [5.41, 5.74) is 0.502. The number of pyridine rings is 1. The van der Waals surface area contributed by atoms with E-state index in [2.05, 4.69) is 4.98 Å². The second-order valence-electron chi connectivity index (χ2n) is 4.74. The Labute approximate surface area is 112 Å². The number of rotatable bonds is 5. The molecule has 0 saturated carbocycles. The zero-order valence-electron chi connectivity index (χ0n) is 11.6. The summed E-state index contributed by atoms with van der Waals surface area (Å²) in [4.78, 5) is 27.6. The second kappa shape index (κ2) is 6.87. The van der Waals surface area contributed by atoms with Crippen LogP contribution in [0.25, 0.3) is 0 Å². The predicted octanol–water partition coefficient (Wildman–Crippen LogP) is 2.27. The van der Waals surface area contributed by atoms with Gasteiger partial charge in [0.1, 0.15) is 0 Å². The van der Waals surface area contributed by atoms with E-state index in [0.29, 0.717) is 5.56 Å². The number of ether oxygens (including phenoxy) is 2. The van der Waals surface area contributed by atoms with Gasteiger partial charge >= 0.3 is 11.9 Å². The fourth-order valence-corrected chi connectivity index (χ4v) is 1.33. The van der Waals surface area contributed by atoms with Crippen LogP contribution < -0.4 is 0 Å². The maximum absolute atomic E-state index is 12.0. The number of hydrogen-bond acceptors (Lipinski definition) is 5. The Hall–Kier alpha value is -1.91. The summed E-state index contributed by atoms with van der Waals surface area (Å²) in [5.74, 6) is -1.35. The van der Waals surface area contributed by atoms with Gasteiger partial charge in [-0.05, 0) is 19.9 Å². The first-order valence-corrected chi connectivity index (χ1v) is 6.22. The molecule has 0 radical (unpaired) electrons. The molecule has 0 aliphatic heterocycles. The molecule has 1 unspecified atom stereocenters. The molecule has 0 aliphatic carbocycles. The predicted molar refractivity (Wildman–Crippen MR) is 69.1 cm³/mol. The summed E-state index contributed by atoms with van der Waals surface area (Å²) in [6.45, 7) is 6.89. The Balaban J connectivity index is 2.91. The van der Waals surface area contributed by atoms with Crippen LogP contribution in [0.1, 0.15) is 39.4 Å². The second-order valence-corrected chi connectivity index (χ2v) is 4.74. The molecule has 5 nitrogen and oxygen atoms in total. The van der Waals surface area contributed by atoms with Crippen molar-refractivity contribution >= 4 is 11.9 Å². The Morgan fingerprint density at radius 3 is 2.26 bits per heavy atom. The number of nitrogens with zero attached hydrogens (tertiary/aromatic N) is 1. The highest BCUT2D eigenvalue weighted by molar-refractivity contribution is 5.81. The van der Waals surface area contributed by atoms with Gasteiger partial charge in [0, 0.05) is 18.0 Å². The maximum atomic E-state index is 12.0. The molecule has 0 spiro atoms. The molecule has 0 fully saturated rings. The highest BCUT2D eigenvalue weighted by Gasteiger charge is 2.28. The van der Waals surface area contributed by atoms with E-state index < -0.39 is 18.0 Å². The van der Waals surface area contributed by atoms with Crippen molar-refractivity contribution in [3.63, 3.8) is 0 Å². The molecule has 1 rings (SSSR count). The van der Waals surface area contributed by atoms with Crippen molar-refractivity contribution in [3.05, 3.63) is 30.1 Å². The van der Waals surface area contributed by atoms with Gasteiger partial charge in [-0.3, -0.25) is 9.78 Å². The van der Waals surface area contributed by atoms with Crippen LogP contribution in [0.2, 0.25) is 0 Å². The Kier molecular flexibility index (Phi) is 5.48. The minimum Gasteiger partial charge on any atom is -0.460 e. The van der Waals surface area contributed by atoms with Crippen LogP contribution >= 0.6 is 0 Å². The SMILES string of the molecule is CC(C)OC(=O)C(OC(=O)C(C)C)c1cccnc1. The molecule has 0 amide bonds. The van der Waals surface area contributed by atoms with Crippen molar-refractivity contribution < 1.29 is 19.1 Å². The lowest BCUT2D eigenvalue weighted by Gasteiger charge is -2.19. The van der Waals surface area contributed by atoms with Crippen LogP contribution in [0.5, 0.6) is 0 Å². The summed E-state index contributed by atoms with van der Waals surface area (Å²) in [6.07, 6.45) is 1.73. The third kappa shape index (κ3) is 4.69. The molecule has 1 aromatic rings. The summed E-state index contributed by atoms with van der Waals surface area (Å²) < 4.78 is 10.3. The van der Waals surface area contributed by atoms with Crippen molar-refractivity contribution in [2.75, 3.05) is 0 Å². The smallest absolute Gasteiger partial charge is 0.352 e. The summed E-state index contributed by atoms with van der Waals surface area (Å²) >= 11 is 0. The van der Waals surface area contributed by atoms with Gasteiger partial charge in [0.25, 0.3) is 0 Å². The highest BCUT2D eigenvalue weighted by Crippen LogP contribution is 2.20. The molecule has 0 N–H and O–H groups in total. The third-order valence-electron chi connectivity index (χ3n) is 2.26. The van der Waals surface area contributed by atoms with Gasteiger partial charge in [-0.1, -0.05) is 19.9 Å². The molecule has 1 atom stereocenters. The molecule has 0 aliphatic rings. The number of carbonyl (C=O) groups excluding carboxylic acids is 2. The Bertz CT molecular complexity index is 428. The van der Waals surface area contributed by atoms with Crippen molar-refractivity contribution in [3.8, 4) is 0 Å². The molecule has 1 aromatic heterocycles. The van der Waals surface area contributed by atoms with Crippen molar-refractivity contribution in [2.24, 2.45) is 5.92 Å². The van der Waals surface area contributed by atoms with Crippen LogP contribution in [0.4, 0.5) is 0 Å². The van der Waals surface area contributed by atoms with Crippen LogP contribution in [0.15, 0.2) is 24.5 Å². The van der Waals surface area contributed by atoms with Crippen molar-refractivity contribution in [1.29, 1.82) is 0 Å². The van der Waals surface area contributed by atoms with Crippen LogP contribution in [-0.4, -0.2) is 23.0 Å². The lowest BCUT2D eigenvalue weighted by Crippen LogP contribution is -2.26. The zero-order chi connectivity index (χ0) is 14.4. The summed E-state index contributed by atoms with van der Waals surface area (Å²) in [5, 5.41) is 0. The number of aromatic nitrogens is 1. The molecule has 1 heterocycles. The standard InChI is InChI=1S/C14H19NO4/c1-9(2)13(16)19-12(14(17)18-10(3)4)11-6-5-7-15-8-11/h5-10,12H,1-4H3. The maximum Gasteiger partial charge on any atom is 0.352 e. The zero-order valence-corrected chi connectivity index (χ0v) is 11.6. The third-order valence-corrected chi connectivity index (χ3v) is 2.26. The Morgan fingerprint density at radius 2 is 1.79 bits per heavy atom. The van der Waals surface area contributed by atoms with Crippen LogP contribution in [0.3, 0.4) is 0 Å². The van der Waals surface area contributed by atoms with E-state index in [0.717, 1.165) is 0 Å². The Morgan fingerprint density at radius 1 is 1.11 bits per heavy atom. The monoisotopic (exact) mass is 265 g/mol. The van der Waals surface area contributed by atoms with Crippen LogP contribution in [0, 0.1) is 5.92 Å². The number of carbonyl (C=O) groups is 2. The largest absolute Gasteiger partial charge is 0.460 e. The fourth-order valence-electron chi connectivity index (χ4n) is 1.33. The van der Waals surface area contributed by atoms with Crippen LogP contribution in [-0.2, 0) is 19.1 Å². The van der Waals surface area contributed by atoms with Gasteiger partial charge in [-0.25, -0.2) is 4.79 Å².